The third-order valence-corrected chi connectivity index (χ3v) is 0.967. The number of rotatable bonds is 4. The summed E-state index contributed by atoms with van der Waals surface area (Å²) < 4.78 is 0. The smallest absolute Gasteiger partial charge is 0.138 e. The molecule has 0 rings (SSSR count). The van der Waals surface area contributed by atoms with Crippen molar-refractivity contribution in [1.82, 2.24) is 0 Å². The van der Waals surface area contributed by atoms with Crippen LogP contribution in [0.15, 0.2) is 0 Å². The molecule has 0 aromatic rings. The SMILES string of the molecule is [CH]C(=O)CC([CH])([CH])CC=O. The summed E-state index contributed by atoms with van der Waals surface area (Å²) >= 11 is 0. The van der Waals surface area contributed by atoms with E-state index in [0.29, 0.717) is 6.29 Å². The van der Waals surface area contributed by atoms with E-state index < -0.39 is 11.2 Å². The van der Waals surface area contributed by atoms with Crippen molar-refractivity contribution < 1.29 is 9.59 Å². The zero-order valence-electron chi connectivity index (χ0n) is 5.54. The Labute approximate surface area is 61.6 Å². The van der Waals surface area contributed by atoms with Crippen molar-refractivity contribution in [3.05, 3.63) is 20.8 Å². The fourth-order valence-electron chi connectivity index (χ4n) is 0.552. The molecular formula is C8H8O2. The van der Waals surface area contributed by atoms with Gasteiger partial charge in [0.2, 0.25) is 0 Å². The predicted molar refractivity (Wildman–Crippen MR) is 35.6 cm³/mol. The first-order valence-electron chi connectivity index (χ1n) is 2.77. The first kappa shape index (κ1) is 9.34. The van der Waals surface area contributed by atoms with E-state index in [1.807, 2.05) is 0 Å². The average Bonchev–Trinajstić information content (AvgIpc) is 1.59. The maximum Gasteiger partial charge on any atom is 0.138 e. The molecule has 0 aromatic heterocycles. The number of Topliss-reactive ketones (excluding diaryl/α,β-unsaturated/α-hetero) is 1. The molecule has 0 heterocycles. The summed E-state index contributed by atoms with van der Waals surface area (Å²) in [6.07, 6.45) is 0.324. The Morgan fingerprint density at radius 2 is 2.00 bits per heavy atom. The van der Waals surface area contributed by atoms with Gasteiger partial charge in [0.05, 0.1) is 0 Å². The fraction of sp³-hybridized carbons (Fsp3) is 0.375. The highest BCUT2D eigenvalue weighted by Gasteiger charge is 2.19. The van der Waals surface area contributed by atoms with E-state index in [4.69, 9.17) is 20.8 Å². The molecule has 10 heavy (non-hydrogen) atoms. The van der Waals surface area contributed by atoms with Gasteiger partial charge in [-0.1, -0.05) is 0 Å². The maximum atomic E-state index is 10.2. The van der Waals surface area contributed by atoms with Crippen LogP contribution < -0.4 is 0 Å². The molecule has 0 aromatic carbocycles. The minimum atomic E-state index is -1.27. The first-order chi connectivity index (χ1) is 4.48. The molecule has 0 unspecified atom stereocenters. The second-order valence-corrected chi connectivity index (χ2v) is 2.25. The minimum Gasteiger partial charge on any atom is -0.303 e. The van der Waals surface area contributed by atoms with E-state index in [1.165, 1.54) is 0 Å². The van der Waals surface area contributed by atoms with Gasteiger partial charge in [0.1, 0.15) is 12.1 Å². The number of ketones is 1. The van der Waals surface area contributed by atoms with Crippen LogP contribution in [0.3, 0.4) is 0 Å². The highest BCUT2D eigenvalue weighted by molar-refractivity contribution is 5.83. The van der Waals surface area contributed by atoms with Crippen LogP contribution in [-0.4, -0.2) is 12.1 Å². The van der Waals surface area contributed by atoms with Crippen LogP contribution in [0, 0.1) is 26.2 Å². The zero-order chi connectivity index (χ0) is 8.20. The second-order valence-electron chi connectivity index (χ2n) is 2.25. The van der Waals surface area contributed by atoms with Gasteiger partial charge in [-0.3, -0.25) is 4.79 Å². The Balaban J connectivity index is 3.85. The maximum absolute atomic E-state index is 10.2. The predicted octanol–water partition coefficient (Wildman–Crippen LogP) is 0.654. The van der Waals surface area contributed by atoms with Gasteiger partial charge in [0, 0.05) is 19.8 Å². The molecule has 2 heteroatoms. The Kier molecular flexibility index (Phi) is 3.26. The fourth-order valence-corrected chi connectivity index (χ4v) is 0.552. The van der Waals surface area contributed by atoms with Crippen LogP contribution in [0.25, 0.3) is 0 Å². The monoisotopic (exact) mass is 136 g/mol. The molecule has 0 aliphatic heterocycles. The van der Waals surface area contributed by atoms with Crippen molar-refractivity contribution in [2.75, 3.05) is 0 Å². The summed E-state index contributed by atoms with van der Waals surface area (Å²) in [7, 11) is 0. The van der Waals surface area contributed by atoms with Crippen molar-refractivity contribution in [1.29, 1.82) is 0 Å². The molecular weight excluding hydrogens is 128 g/mol. The van der Waals surface area contributed by atoms with E-state index in [2.05, 4.69) is 0 Å². The molecule has 0 fully saturated rings. The van der Waals surface area contributed by atoms with Crippen LogP contribution in [-0.2, 0) is 9.59 Å². The Morgan fingerprint density at radius 1 is 1.50 bits per heavy atom. The van der Waals surface area contributed by atoms with Gasteiger partial charge in [-0.15, -0.1) is 0 Å². The lowest BCUT2D eigenvalue weighted by Crippen LogP contribution is -2.16. The standard InChI is InChI=1S/C8H8O2/c1-7(10)6-8(2,3)4-5-9/h1-3,5H,4,6H2. The van der Waals surface area contributed by atoms with E-state index in [1.54, 1.807) is 0 Å². The molecule has 0 saturated heterocycles. The molecule has 6 radical (unpaired) electrons. The number of aldehydes is 1. The third-order valence-electron chi connectivity index (χ3n) is 0.967. The van der Waals surface area contributed by atoms with Crippen LogP contribution in [0.1, 0.15) is 12.8 Å². The zero-order valence-corrected chi connectivity index (χ0v) is 5.54. The molecule has 0 saturated carbocycles. The van der Waals surface area contributed by atoms with Crippen molar-refractivity contribution >= 4 is 12.1 Å². The van der Waals surface area contributed by atoms with Gasteiger partial charge in [-0.25, -0.2) is 0 Å². The van der Waals surface area contributed by atoms with Gasteiger partial charge in [0.25, 0.3) is 0 Å². The molecule has 0 spiro atoms. The lowest BCUT2D eigenvalue weighted by molar-refractivity contribution is -0.116. The van der Waals surface area contributed by atoms with E-state index in [0.717, 1.165) is 0 Å². The Hall–Kier alpha value is -0.660. The summed E-state index contributed by atoms with van der Waals surface area (Å²) in [5.74, 6) is -0.605. The minimum absolute atomic E-state index is 0.0596. The average molecular weight is 136 g/mol. The van der Waals surface area contributed by atoms with Crippen molar-refractivity contribution in [2.45, 2.75) is 12.8 Å². The molecule has 2 nitrogen and oxygen atoms in total. The normalized spacial score (nSPS) is 11.1. The highest BCUT2D eigenvalue weighted by atomic mass is 16.1. The van der Waals surface area contributed by atoms with E-state index >= 15 is 0 Å². The van der Waals surface area contributed by atoms with Gasteiger partial charge < -0.3 is 4.79 Å². The quantitative estimate of drug-likeness (QED) is 0.532. The summed E-state index contributed by atoms with van der Waals surface area (Å²) in [5.41, 5.74) is -1.27. The first-order valence-corrected chi connectivity index (χ1v) is 2.77. The van der Waals surface area contributed by atoms with Crippen LogP contribution in [0.4, 0.5) is 0 Å². The third kappa shape index (κ3) is 4.24. The largest absolute Gasteiger partial charge is 0.303 e. The van der Waals surface area contributed by atoms with Crippen LogP contribution in [0.2, 0.25) is 0 Å². The van der Waals surface area contributed by atoms with Crippen molar-refractivity contribution in [3.63, 3.8) is 0 Å². The number of hydrogen-bond donors (Lipinski definition) is 0. The molecule has 52 valence electrons. The number of carbonyl (C=O) groups is 2. The highest BCUT2D eigenvalue weighted by Crippen LogP contribution is 2.22. The number of carbonyl (C=O) groups excluding carboxylic acids is 2. The number of hydrogen-bond acceptors (Lipinski definition) is 2. The molecule has 0 N–H and O–H groups in total. The lowest BCUT2D eigenvalue weighted by Gasteiger charge is -2.17. The summed E-state index contributed by atoms with van der Waals surface area (Å²) in [5, 5.41) is 0. The van der Waals surface area contributed by atoms with Gasteiger partial charge in [-0.2, -0.15) is 0 Å². The molecule has 0 atom stereocenters. The van der Waals surface area contributed by atoms with E-state index in [9.17, 15) is 9.59 Å². The molecule has 0 bridgehead atoms. The summed E-state index contributed by atoms with van der Waals surface area (Å²) in [6.45, 7) is 15.3. The van der Waals surface area contributed by atoms with Crippen LogP contribution >= 0.6 is 0 Å². The Bertz CT molecular complexity index is 136. The lowest BCUT2D eigenvalue weighted by atomic mass is 9.85. The topological polar surface area (TPSA) is 34.1 Å². The summed E-state index contributed by atoms with van der Waals surface area (Å²) in [4.78, 5) is 20.1. The second kappa shape index (κ2) is 3.49. The van der Waals surface area contributed by atoms with E-state index in [-0.39, 0.29) is 12.8 Å². The molecule has 0 aliphatic carbocycles. The molecule has 0 amide bonds. The molecule has 0 aliphatic rings. The van der Waals surface area contributed by atoms with Crippen molar-refractivity contribution in [3.8, 4) is 0 Å². The van der Waals surface area contributed by atoms with Gasteiger partial charge >= 0.3 is 0 Å². The van der Waals surface area contributed by atoms with Crippen molar-refractivity contribution in [2.24, 2.45) is 5.41 Å². The van der Waals surface area contributed by atoms with Gasteiger partial charge in [-0.05, 0) is 19.3 Å². The summed E-state index contributed by atoms with van der Waals surface area (Å²) in [6, 6.07) is 0. The van der Waals surface area contributed by atoms with Gasteiger partial charge in [0.15, 0.2) is 0 Å². The Morgan fingerprint density at radius 3 is 2.30 bits per heavy atom. The van der Waals surface area contributed by atoms with Crippen LogP contribution in [0.5, 0.6) is 0 Å².